The van der Waals surface area contributed by atoms with Crippen LogP contribution in [0.2, 0.25) is 0 Å². The molecule has 2 N–H and O–H groups in total. The van der Waals surface area contributed by atoms with E-state index in [1.54, 1.807) is 30.5 Å². The summed E-state index contributed by atoms with van der Waals surface area (Å²) >= 11 is 0. The van der Waals surface area contributed by atoms with Crippen molar-refractivity contribution in [2.45, 2.75) is 13.3 Å². The number of aromatic nitrogens is 1. The van der Waals surface area contributed by atoms with Crippen LogP contribution >= 0.6 is 0 Å². The standard InChI is InChI=1S/C20H19N3O2/c1-2-12-22-19(24)15-8-10-16(11-9-15)20(25)23-17-7-3-5-14-6-4-13-21-18(14)17/h3-11,13H,2,12H2,1H3,(H,22,24)(H,23,25). The Balaban J connectivity index is 1.76. The van der Waals surface area contributed by atoms with Crippen LogP contribution in [0.1, 0.15) is 34.1 Å². The minimum Gasteiger partial charge on any atom is -0.352 e. The third-order valence-corrected chi connectivity index (χ3v) is 3.83. The second kappa shape index (κ2) is 7.57. The number of hydrogen-bond acceptors (Lipinski definition) is 3. The van der Waals surface area contributed by atoms with E-state index in [9.17, 15) is 9.59 Å². The van der Waals surface area contributed by atoms with Crippen LogP contribution in [0.4, 0.5) is 5.69 Å². The van der Waals surface area contributed by atoms with Gasteiger partial charge in [0.15, 0.2) is 0 Å². The van der Waals surface area contributed by atoms with E-state index in [1.807, 2.05) is 37.3 Å². The molecule has 0 saturated heterocycles. The molecule has 25 heavy (non-hydrogen) atoms. The van der Waals surface area contributed by atoms with Crippen LogP contribution in [-0.2, 0) is 0 Å². The topological polar surface area (TPSA) is 71.1 Å². The molecule has 0 aliphatic carbocycles. The van der Waals surface area contributed by atoms with Gasteiger partial charge >= 0.3 is 0 Å². The summed E-state index contributed by atoms with van der Waals surface area (Å²) < 4.78 is 0. The fraction of sp³-hybridized carbons (Fsp3) is 0.150. The number of carbonyl (C=O) groups excluding carboxylic acids is 2. The number of para-hydroxylation sites is 1. The number of amides is 2. The Hall–Kier alpha value is -3.21. The van der Waals surface area contributed by atoms with Gasteiger partial charge < -0.3 is 10.6 Å². The van der Waals surface area contributed by atoms with E-state index in [2.05, 4.69) is 15.6 Å². The van der Waals surface area contributed by atoms with Gasteiger partial charge in [-0.3, -0.25) is 14.6 Å². The molecule has 5 heteroatoms. The van der Waals surface area contributed by atoms with Crippen molar-refractivity contribution in [3.05, 3.63) is 71.9 Å². The van der Waals surface area contributed by atoms with Gasteiger partial charge in [-0.15, -0.1) is 0 Å². The third kappa shape index (κ3) is 3.83. The van der Waals surface area contributed by atoms with Crippen molar-refractivity contribution in [1.82, 2.24) is 10.3 Å². The zero-order valence-electron chi connectivity index (χ0n) is 14.0. The van der Waals surface area contributed by atoms with Crippen LogP contribution < -0.4 is 10.6 Å². The Bertz CT molecular complexity index is 899. The molecular weight excluding hydrogens is 314 g/mol. The van der Waals surface area contributed by atoms with E-state index >= 15 is 0 Å². The monoisotopic (exact) mass is 333 g/mol. The number of benzene rings is 2. The molecule has 0 atom stereocenters. The van der Waals surface area contributed by atoms with Gasteiger partial charge in [0, 0.05) is 29.3 Å². The first-order valence-electron chi connectivity index (χ1n) is 8.22. The Labute approximate surface area is 146 Å². The molecule has 0 spiro atoms. The first-order valence-corrected chi connectivity index (χ1v) is 8.22. The van der Waals surface area contributed by atoms with Gasteiger partial charge in [0.05, 0.1) is 11.2 Å². The van der Waals surface area contributed by atoms with Gasteiger partial charge in [0.2, 0.25) is 0 Å². The van der Waals surface area contributed by atoms with E-state index < -0.39 is 0 Å². The summed E-state index contributed by atoms with van der Waals surface area (Å²) in [6.45, 7) is 2.63. The summed E-state index contributed by atoms with van der Waals surface area (Å²) in [5, 5.41) is 6.65. The minimum atomic E-state index is -0.237. The van der Waals surface area contributed by atoms with Gasteiger partial charge in [0.1, 0.15) is 0 Å². The summed E-state index contributed by atoms with van der Waals surface area (Å²) in [5.41, 5.74) is 2.43. The highest BCUT2D eigenvalue weighted by Gasteiger charge is 2.10. The number of rotatable bonds is 5. The minimum absolute atomic E-state index is 0.132. The number of nitrogens with one attached hydrogen (secondary N) is 2. The number of fused-ring (bicyclic) bond motifs is 1. The summed E-state index contributed by atoms with van der Waals surface area (Å²) in [6.07, 6.45) is 2.58. The number of carbonyl (C=O) groups is 2. The lowest BCUT2D eigenvalue weighted by molar-refractivity contribution is 0.0951. The fourth-order valence-corrected chi connectivity index (χ4v) is 2.51. The van der Waals surface area contributed by atoms with Crippen molar-refractivity contribution >= 4 is 28.4 Å². The molecule has 0 radical (unpaired) electrons. The second-order valence-electron chi connectivity index (χ2n) is 5.67. The van der Waals surface area contributed by atoms with Gasteiger partial charge in [-0.25, -0.2) is 0 Å². The first-order chi connectivity index (χ1) is 12.2. The van der Waals surface area contributed by atoms with Crippen molar-refractivity contribution in [1.29, 1.82) is 0 Å². The summed E-state index contributed by atoms with van der Waals surface area (Å²) in [5.74, 6) is -0.370. The van der Waals surface area contributed by atoms with Gasteiger partial charge in [-0.1, -0.05) is 25.1 Å². The van der Waals surface area contributed by atoms with Crippen LogP contribution in [0, 0.1) is 0 Å². The Morgan fingerprint density at radius 3 is 2.32 bits per heavy atom. The van der Waals surface area contributed by atoms with Crippen LogP contribution in [-0.4, -0.2) is 23.3 Å². The van der Waals surface area contributed by atoms with E-state index in [0.717, 1.165) is 17.3 Å². The third-order valence-electron chi connectivity index (χ3n) is 3.83. The lowest BCUT2D eigenvalue weighted by Gasteiger charge is -2.09. The zero-order chi connectivity index (χ0) is 17.6. The first kappa shape index (κ1) is 16.6. The van der Waals surface area contributed by atoms with Crippen LogP contribution in [0.3, 0.4) is 0 Å². The molecule has 3 rings (SSSR count). The smallest absolute Gasteiger partial charge is 0.255 e. The van der Waals surface area contributed by atoms with Gasteiger partial charge in [-0.05, 0) is 42.8 Å². The molecule has 0 aliphatic heterocycles. The number of hydrogen-bond donors (Lipinski definition) is 2. The largest absolute Gasteiger partial charge is 0.352 e. The molecule has 1 aromatic heterocycles. The summed E-state index contributed by atoms with van der Waals surface area (Å²) in [4.78, 5) is 28.7. The molecule has 0 unspecified atom stereocenters. The fourth-order valence-electron chi connectivity index (χ4n) is 2.51. The quantitative estimate of drug-likeness (QED) is 0.749. The molecule has 2 aromatic carbocycles. The van der Waals surface area contributed by atoms with E-state index in [-0.39, 0.29) is 11.8 Å². The molecule has 0 bridgehead atoms. The molecule has 2 amide bonds. The number of nitrogens with zero attached hydrogens (tertiary/aromatic N) is 1. The maximum absolute atomic E-state index is 12.5. The summed E-state index contributed by atoms with van der Waals surface area (Å²) in [7, 11) is 0. The Kier molecular flexibility index (Phi) is 5.04. The SMILES string of the molecule is CCCNC(=O)c1ccc(C(=O)Nc2cccc3cccnc23)cc1. The Morgan fingerprint density at radius 1 is 0.920 bits per heavy atom. The van der Waals surface area contributed by atoms with Crippen molar-refractivity contribution in [3.8, 4) is 0 Å². The Morgan fingerprint density at radius 2 is 1.60 bits per heavy atom. The molecule has 5 nitrogen and oxygen atoms in total. The normalized spacial score (nSPS) is 10.4. The molecule has 0 fully saturated rings. The second-order valence-corrected chi connectivity index (χ2v) is 5.67. The van der Waals surface area contributed by atoms with Crippen molar-refractivity contribution in [3.63, 3.8) is 0 Å². The van der Waals surface area contributed by atoms with Gasteiger partial charge in [0.25, 0.3) is 11.8 Å². The van der Waals surface area contributed by atoms with Crippen LogP contribution in [0.25, 0.3) is 10.9 Å². The van der Waals surface area contributed by atoms with Gasteiger partial charge in [-0.2, -0.15) is 0 Å². The van der Waals surface area contributed by atoms with Crippen molar-refractivity contribution < 1.29 is 9.59 Å². The predicted molar refractivity (Wildman–Crippen MR) is 98.8 cm³/mol. The maximum Gasteiger partial charge on any atom is 0.255 e. The average molecular weight is 333 g/mol. The van der Waals surface area contributed by atoms with E-state index in [1.165, 1.54) is 0 Å². The summed E-state index contributed by atoms with van der Waals surface area (Å²) in [6, 6.07) is 16.0. The average Bonchev–Trinajstić information content (AvgIpc) is 2.66. The lowest BCUT2D eigenvalue weighted by Crippen LogP contribution is -2.24. The van der Waals surface area contributed by atoms with Crippen LogP contribution in [0.5, 0.6) is 0 Å². The number of anilines is 1. The maximum atomic E-state index is 12.5. The van der Waals surface area contributed by atoms with E-state index in [4.69, 9.17) is 0 Å². The molecular formula is C20H19N3O2. The molecule has 0 aliphatic rings. The highest BCUT2D eigenvalue weighted by atomic mass is 16.2. The molecule has 1 heterocycles. The zero-order valence-corrected chi connectivity index (χ0v) is 14.0. The molecule has 0 saturated carbocycles. The highest BCUT2D eigenvalue weighted by Crippen LogP contribution is 2.21. The lowest BCUT2D eigenvalue weighted by atomic mass is 10.1. The van der Waals surface area contributed by atoms with Crippen molar-refractivity contribution in [2.24, 2.45) is 0 Å². The number of pyridine rings is 1. The van der Waals surface area contributed by atoms with Crippen molar-refractivity contribution in [2.75, 3.05) is 11.9 Å². The van der Waals surface area contributed by atoms with E-state index in [0.29, 0.717) is 23.4 Å². The van der Waals surface area contributed by atoms with Crippen LogP contribution in [0.15, 0.2) is 60.8 Å². The highest BCUT2D eigenvalue weighted by molar-refractivity contribution is 6.08. The predicted octanol–water partition coefficient (Wildman–Crippen LogP) is 3.63. The molecule has 126 valence electrons. The molecule has 3 aromatic rings.